The summed E-state index contributed by atoms with van der Waals surface area (Å²) in [5.41, 5.74) is 3.99. The lowest BCUT2D eigenvalue weighted by molar-refractivity contribution is -0.143. The standard InChI is InChI=1S/C12H13F3N4O2/c1-20-7-3-4-10(21-2)9(5-7)19-11(12(13,14)15)8(6-16)17-18-19/h3-5H,6,16H2,1-2H3. The molecule has 0 amide bonds. The van der Waals surface area contributed by atoms with Gasteiger partial charge in [0.2, 0.25) is 0 Å². The van der Waals surface area contributed by atoms with E-state index in [2.05, 4.69) is 10.3 Å². The van der Waals surface area contributed by atoms with Crippen molar-refractivity contribution >= 4 is 0 Å². The Morgan fingerprint density at radius 1 is 1.24 bits per heavy atom. The minimum absolute atomic E-state index is 0.0661. The zero-order chi connectivity index (χ0) is 15.6. The van der Waals surface area contributed by atoms with Gasteiger partial charge in [0, 0.05) is 12.6 Å². The third-order valence-electron chi connectivity index (χ3n) is 2.82. The number of rotatable bonds is 4. The van der Waals surface area contributed by atoms with Crippen molar-refractivity contribution < 1.29 is 22.6 Å². The molecule has 1 aromatic carbocycles. The Bertz CT molecular complexity index is 640. The molecule has 0 aliphatic carbocycles. The lowest BCUT2D eigenvalue weighted by Crippen LogP contribution is -2.17. The van der Waals surface area contributed by atoms with Gasteiger partial charge < -0.3 is 15.2 Å². The Labute approximate surface area is 118 Å². The molecule has 0 aliphatic heterocycles. The Hall–Kier alpha value is -2.29. The van der Waals surface area contributed by atoms with Crippen LogP contribution in [0.1, 0.15) is 11.4 Å². The molecule has 2 rings (SSSR count). The normalized spacial score (nSPS) is 11.5. The van der Waals surface area contributed by atoms with Crippen LogP contribution in [-0.4, -0.2) is 29.2 Å². The van der Waals surface area contributed by atoms with Gasteiger partial charge >= 0.3 is 6.18 Å². The van der Waals surface area contributed by atoms with Crippen LogP contribution in [0.4, 0.5) is 13.2 Å². The average Bonchev–Trinajstić information content (AvgIpc) is 2.90. The number of aromatic nitrogens is 3. The van der Waals surface area contributed by atoms with Gasteiger partial charge in [-0.05, 0) is 12.1 Å². The molecule has 9 heteroatoms. The van der Waals surface area contributed by atoms with E-state index in [1.807, 2.05) is 0 Å². The summed E-state index contributed by atoms with van der Waals surface area (Å²) in [5.74, 6) is 0.568. The molecule has 114 valence electrons. The van der Waals surface area contributed by atoms with Crippen molar-refractivity contribution in [2.24, 2.45) is 5.73 Å². The van der Waals surface area contributed by atoms with Crippen LogP contribution in [0.15, 0.2) is 18.2 Å². The van der Waals surface area contributed by atoms with Crippen molar-refractivity contribution in [3.63, 3.8) is 0 Å². The Balaban J connectivity index is 2.69. The molecular formula is C12H13F3N4O2. The van der Waals surface area contributed by atoms with Gasteiger partial charge in [-0.15, -0.1) is 5.10 Å². The van der Waals surface area contributed by atoms with Gasteiger partial charge in [-0.25, -0.2) is 4.68 Å². The monoisotopic (exact) mass is 302 g/mol. The van der Waals surface area contributed by atoms with Gasteiger partial charge in [-0.2, -0.15) is 13.2 Å². The molecule has 0 fully saturated rings. The second-order valence-electron chi connectivity index (χ2n) is 4.04. The molecule has 0 radical (unpaired) electrons. The van der Waals surface area contributed by atoms with Crippen LogP contribution in [0, 0.1) is 0 Å². The lowest BCUT2D eigenvalue weighted by atomic mass is 10.2. The summed E-state index contributed by atoms with van der Waals surface area (Å²) in [7, 11) is 2.75. The third kappa shape index (κ3) is 2.77. The van der Waals surface area contributed by atoms with E-state index < -0.39 is 11.9 Å². The molecular weight excluding hydrogens is 289 g/mol. The topological polar surface area (TPSA) is 75.2 Å². The Morgan fingerprint density at radius 3 is 2.48 bits per heavy atom. The highest BCUT2D eigenvalue weighted by Crippen LogP contribution is 2.35. The summed E-state index contributed by atoms with van der Waals surface area (Å²) >= 11 is 0. The molecule has 0 atom stereocenters. The van der Waals surface area contributed by atoms with Crippen LogP contribution in [0.2, 0.25) is 0 Å². The first kappa shape index (κ1) is 15.1. The van der Waals surface area contributed by atoms with Crippen molar-refractivity contribution in [2.45, 2.75) is 12.7 Å². The van der Waals surface area contributed by atoms with Crippen molar-refractivity contribution in [1.29, 1.82) is 0 Å². The zero-order valence-corrected chi connectivity index (χ0v) is 11.3. The second kappa shape index (κ2) is 5.60. The van der Waals surface area contributed by atoms with E-state index in [1.165, 1.54) is 26.4 Å². The fourth-order valence-corrected chi connectivity index (χ4v) is 1.87. The van der Waals surface area contributed by atoms with Crippen molar-refractivity contribution in [2.75, 3.05) is 14.2 Å². The number of nitrogens with zero attached hydrogens (tertiary/aromatic N) is 3. The fourth-order valence-electron chi connectivity index (χ4n) is 1.87. The molecule has 2 N–H and O–H groups in total. The Morgan fingerprint density at radius 2 is 1.95 bits per heavy atom. The van der Waals surface area contributed by atoms with E-state index >= 15 is 0 Å². The third-order valence-corrected chi connectivity index (χ3v) is 2.82. The van der Waals surface area contributed by atoms with Crippen molar-refractivity contribution in [3.8, 4) is 17.2 Å². The summed E-state index contributed by atoms with van der Waals surface area (Å²) in [6.45, 7) is -0.374. The van der Waals surface area contributed by atoms with Crippen LogP contribution in [0.5, 0.6) is 11.5 Å². The maximum absolute atomic E-state index is 13.2. The maximum atomic E-state index is 13.2. The molecule has 0 spiro atoms. The largest absolute Gasteiger partial charge is 0.497 e. The molecule has 0 saturated carbocycles. The van der Waals surface area contributed by atoms with E-state index in [1.54, 1.807) is 6.07 Å². The summed E-state index contributed by atoms with van der Waals surface area (Å²) in [6.07, 6.45) is -4.65. The molecule has 1 aromatic heterocycles. The maximum Gasteiger partial charge on any atom is 0.435 e. The molecule has 0 unspecified atom stereocenters. The molecule has 2 aromatic rings. The molecule has 6 nitrogen and oxygen atoms in total. The van der Waals surface area contributed by atoms with Gasteiger partial charge in [0.05, 0.1) is 14.2 Å². The number of nitrogens with two attached hydrogens (primary N) is 1. The van der Waals surface area contributed by atoms with E-state index in [0.717, 1.165) is 0 Å². The smallest absolute Gasteiger partial charge is 0.435 e. The summed E-state index contributed by atoms with van der Waals surface area (Å²) in [5, 5.41) is 7.02. The molecule has 0 bridgehead atoms. The highest BCUT2D eigenvalue weighted by molar-refractivity contribution is 5.51. The SMILES string of the molecule is COc1ccc(OC)c(-n2nnc(CN)c2C(F)(F)F)c1. The van der Waals surface area contributed by atoms with E-state index in [9.17, 15) is 13.2 Å². The lowest BCUT2D eigenvalue weighted by Gasteiger charge is -2.14. The number of halogens is 3. The van der Waals surface area contributed by atoms with Gasteiger partial charge in [-0.3, -0.25) is 0 Å². The highest BCUT2D eigenvalue weighted by atomic mass is 19.4. The number of hydrogen-bond donors (Lipinski definition) is 1. The first-order valence-corrected chi connectivity index (χ1v) is 5.86. The van der Waals surface area contributed by atoms with Crippen LogP contribution in [-0.2, 0) is 12.7 Å². The quantitative estimate of drug-likeness (QED) is 0.931. The van der Waals surface area contributed by atoms with Gasteiger partial charge in [0.15, 0.2) is 5.69 Å². The molecule has 0 aliphatic rings. The summed E-state index contributed by atoms with van der Waals surface area (Å²) in [4.78, 5) is 0. The predicted molar refractivity (Wildman–Crippen MR) is 67.4 cm³/mol. The number of hydrogen-bond acceptors (Lipinski definition) is 5. The minimum Gasteiger partial charge on any atom is -0.497 e. The first-order valence-electron chi connectivity index (χ1n) is 5.86. The van der Waals surface area contributed by atoms with E-state index in [-0.39, 0.29) is 23.7 Å². The van der Waals surface area contributed by atoms with Gasteiger partial charge in [0.25, 0.3) is 0 Å². The minimum atomic E-state index is -4.65. The highest BCUT2D eigenvalue weighted by Gasteiger charge is 2.40. The molecule has 21 heavy (non-hydrogen) atoms. The average molecular weight is 302 g/mol. The van der Waals surface area contributed by atoms with Crippen LogP contribution >= 0.6 is 0 Å². The second-order valence-corrected chi connectivity index (χ2v) is 4.04. The number of benzene rings is 1. The van der Waals surface area contributed by atoms with E-state index in [4.69, 9.17) is 15.2 Å². The predicted octanol–water partition coefficient (Wildman–Crippen LogP) is 1.76. The molecule has 1 heterocycles. The first-order chi connectivity index (χ1) is 9.92. The van der Waals surface area contributed by atoms with Crippen LogP contribution in [0.25, 0.3) is 5.69 Å². The van der Waals surface area contributed by atoms with Gasteiger partial charge in [0.1, 0.15) is 22.9 Å². The summed E-state index contributed by atoms with van der Waals surface area (Å²) < 4.78 is 50.3. The number of alkyl halides is 3. The van der Waals surface area contributed by atoms with Crippen molar-refractivity contribution in [3.05, 3.63) is 29.6 Å². The van der Waals surface area contributed by atoms with Crippen molar-refractivity contribution in [1.82, 2.24) is 15.0 Å². The zero-order valence-electron chi connectivity index (χ0n) is 11.3. The van der Waals surface area contributed by atoms with Crippen LogP contribution < -0.4 is 15.2 Å². The van der Waals surface area contributed by atoms with E-state index in [0.29, 0.717) is 10.4 Å². The number of methoxy groups -OCH3 is 2. The number of ether oxygens (including phenoxy) is 2. The fraction of sp³-hybridized carbons (Fsp3) is 0.333. The van der Waals surface area contributed by atoms with Gasteiger partial charge in [-0.1, -0.05) is 5.21 Å². The Kier molecular flexibility index (Phi) is 4.03. The van der Waals surface area contributed by atoms with Crippen LogP contribution in [0.3, 0.4) is 0 Å². The summed E-state index contributed by atoms with van der Waals surface area (Å²) in [6, 6.07) is 4.43. The molecule has 0 saturated heterocycles.